The molecule has 4 amide bonds. The van der Waals surface area contributed by atoms with Gasteiger partial charge in [-0.15, -0.1) is 0 Å². The van der Waals surface area contributed by atoms with Crippen LogP contribution in [-0.2, 0) is 46.2 Å². The molecule has 5 N–H and O–H groups in total. The van der Waals surface area contributed by atoms with E-state index in [1.54, 1.807) is 41.7 Å². The lowest BCUT2D eigenvalue weighted by Crippen LogP contribution is -2.61. The first-order valence-electron chi connectivity index (χ1n) is 28.8. The van der Waals surface area contributed by atoms with E-state index in [2.05, 4.69) is 20.5 Å². The molecular formula is C44H64N6O10. The van der Waals surface area contributed by atoms with Gasteiger partial charge >= 0.3 is 12.2 Å². The van der Waals surface area contributed by atoms with Crippen molar-refractivity contribution in [3.05, 3.63) is 90.1 Å². The summed E-state index contributed by atoms with van der Waals surface area (Å²) < 4.78 is 197. The predicted molar refractivity (Wildman–Crippen MR) is 226 cm³/mol. The van der Waals surface area contributed by atoms with Crippen molar-refractivity contribution in [2.24, 2.45) is 10.8 Å². The van der Waals surface area contributed by atoms with Crippen LogP contribution in [-0.4, -0.2) is 124 Å². The number of aliphatic hydroxyl groups is 1. The number of hydrazine groups is 1. The largest absolute Gasteiger partial charge is 0.453 e. The van der Waals surface area contributed by atoms with Gasteiger partial charge in [-0.25, -0.2) is 14.6 Å². The van der Waals surface area contributed by atoms with Gasteiger partial charge in [0.25, 0.3) is 5.91 Å². The summed E-state index contributed by atoms with van der Waals surface area (Å²) in [5.41, 5.74) is -4.73. The number of pyridine rings is 1. The highest BCUT2D eigenvalue weighted by molar-refractivity contribution is 5.87. The fraction of sp³-hybridized carbons (Fsp3) is 0.523. The molecular weight excluding hydrogens is 773 g/mol. The first-order chi connectivity index (χ1) is 37.2. The van der Waals surface area contributed by atoms with Gasteiger partial charge in [0.15, 0.2) is 0 Å². The van der Waals surface area contributed by atoms with Gasteiger partial charge in [0.2, 0.25) is 5.91 Å². The third-order valence-corrected chi connectivity index (χ3v) is 8.33. The number of hydrogen-bond donors (Lipinski definition) is 5. The van der Waals surface area contributed by atoms with E-state index in [9.17, 15) is 24.3 Å². The Kier molecular flexibility index (Phi) is 10.9. The highest BCUT2D eigenvalue weighted by atomic mass is 16.6. The molecule has 3 rings (SSSR count). The zero-order valence-electron chi connectivity index (χ0n) is 53.7. The Morgan fingerprint density at radius 1 is 0.733 bits per heavy atom. The lowest BCUT2D eigenvalue weighted by molar-refractivity contribution is -0.132. The number of ether oxygens (including phenoxy) is 5. The number of nitrogens with zero attached hydrogens (tertiary/aromatic N) is 2. The van der Waals surface area contributed by atoms with Gasteiger partial charge in [0.1, 0.15) is 18.7 Å². The molecule has 0 spiro atoms. The minimum absolute atomic E-state index is 0.0181. The van der Waals surface area contributed by atoms with Gasteiger partial charge in [-0.05, 0) is 40.5 Å². The lowest BCUT2D eigenvalue weighted by atomic mass is 9.85. The van der Waals surface area contributed by atoms with Crippen molar-refractivity contribution in [2.75, 3.05) is 60.3 Å². The molecule has 1 heterocycles. The number of amides is 4. The molecule has 0 aliphatic heterocycles. The quantitative estimate of drug-likeness (QED) is 0.0672. The van der Waals surface area contributed by atoms with Crippen LogP contribution in [0.2, 0.25) is 0 Å². The fourth-order valence-corrected chi connectivity index (χ4v) is 5.38. The first-order valence-corrected chi connectivity index (χ1v) is 18.3. The number of nitrogens with one attached hydrogen (secondary N) is 4. The normalized spacial score (nSPS) is 20.4. The Bertz CT molecular complexity index is 2410. The highest BCUT2D eigenvalue weighted by Gasteiger charge is 2.37. The van der Waals surface area contributed by atoms with Crippen molar-refractivity contribution in [1.82, 2.24) is 31.4 Å². The second-order valence-electron chi connectivity index (χ2n) is 13.2. The molecule has 1 aromatic heterocycles. The summed E-state index contributed by atoms with van der Waals surface area (Å²) in [6.45, 7) is -27.2. The number of rotatable bonds is 23. The molecule has 3 aromatic rings. The lowest BCUT2D eigenvalue weighted by Gasteiger charge is -2.35. The van der Waals surface area contributed by atoms with Crippen molar-refractivity contribution in [2.45, 2.75) is 78.3 Å². The molecule has 16 heteroatoms. The zero-order chi connectivity index (χ0) is 61.6. The van der Waals surface area contributed by atoms with Crippen molar-refractivity contribution in [1.29, 1.82) is 0 Å². The first kappa shape index (κ1) is 26.3. The van der Waals surface area contributed by atoms with Crippen LogP contribution in [0.4, 0.5) is 9.59 Å². The second-order valence-corrected chi connectivity index (χ2v) is 13.2. The molecule has 0 saturated carbocycles. The average molecular weight is 858 g/mol. The third-order valence-electron chi connectivity index (χ3n) is 8.33. The van der Waals surface area contributed by atoms with Gasteiger partial charge in [-0.2, -0.15) is 0 Å². The molecule has 0 aliphatic rings. The Morgan fingerprint density at radius 3 is 1.97 bits per heavy atom. The number of aromatic nitrogens is 1. The summed E-state index contributed by atoms with van der Waals surface area (Å²) in [4.78, 5) is 60.4. The molecule has 16 nitrogen and oxygen atoms in total. The number of carbonyl (C=O) groups is 4. The van der Waals surface area contributed by atoms with Crippen LogP contribution in [0.3, 0.4) is 0 Å². The standard InChI is InChI=1S/C44H64N6O10/c1-43(2,3)37(47-41(54)57-8)39(52)46-35(28-31-14-10-9-11-15-31)36(51)30-50(29-32-17-19-33(20-18-32)34-16-12-13-21-45-34)49-40(53)38(44(4,5)6)48-42(55)60-27-26-59-25-24-58-23-22-56-7/h9-21,35-38,51H,22-30H2,1-8H3,(H,46,52)(H,47,54)(H,48,55)(H,49,53)/t35-,36-,37+,38+/m0/s1/i1D3,2D3,3D3,4D3,5D3,6D3,8D3. The van der Waals surface area contributed by atoms with Gasteiger partial charge in [-0.3, -0.25) is 20.0 Å². The highest BCUT2D eigenvalue weighted by Crippen LogP contribution is 2.23. The number of methoxy groups -OCH3 is 2. The van der Waals surface area contributed by atoms with E-state index in [1.807, 2.05) is 0 Å². The average Bonchev–Trinajstić information content (AvgIpc) is 3.51. The molecule has 0 bridgehead atoms. The van der Waals surface area contributed by atoms with Crippen molar-refractivity contribution < 1.29 is 76.8 Å². The summed E-state index contributed by atoms with van der Waals surface area (Å²) in [5, 5.41) is 18.5. The van der Waals surface area contributed by atoms with Crippen molar-refractivity contribution in [3.8, 4) is 11.3 Å². The summed E-state index contributed by atoms with van der Waals surface area (Å²) in [7, 11) is -2.17. The maximum absolute atomic E-state index is 14.9. The van der Waals surface area contributed by atoms with Crippen LogP contribution < -0.4 is 21.4 Å². The molecule has 0 unspecified atom stereocenters. The van der Waals surface area contributed by atoms with Gasteiger partial charge in [0, 0.05) is 56.6 Å². The van der Waals surface area contributed by atoms with Crippen LogP contribution in [0.1, 0.15) is 81.0 Å². The molecule has 0 aliphatic carbocycles. The SMILES string of the molecule is [2H]C([2H])([2H])OC(=O)N[C@H](C(=O)N[C@@H](Cc1ccccc1)[C@@H](O)CN(Cc1ccc(-c2ccccn2)cc1)NC(=O)[C@@H](NC(=O)OCCOCCOCCOC)C(C([2H])([2H])[2H])(C([2H])([2H])[2H])C([2H])([2H])[2H])C(C([2H])([2H])[2H])(C([2H])([2H])[2H])C([2H])([2H])[2H]. The van der Waals surface area contributed by atoms with Crippen molar-refractivity contribution >= 4 is 24.0 Å². The zero-order valence-corrected chi connectivity index (χ0v) is 32.7. The van der Waals surface area contributed by atoms with Gasteiger partial charge < -0.3 is 44.7 Å². The molecule has 0 fully saturated rings. The Hall–Kier alpha value is -5.13. The molecule has 60 heavy (non-hydrogen) atoms. The Labute approximate surface area is 383 Å². The monoisotopic (exact) mass is 858 g/mol. The molecule has 4 atom stereocenters. The van der Waals surface area contributed by atoms with Crippen LogP contribution in [0.15, 0.2) is 79.0 Å². The molecule has 0 radical (unpaired) electrons. The van der Waals surface area contributed by atoms with E-state index in [1.165, 1.54) is 55.0 Å². The van der Waals surface area contributed by atoms with E-state index >= 15 is 0 Å². The summed E-state index contributed by atoms with van der Waals surface area (Å²) >= 11 is 0. The number of hydrogen-bond acceptors (Lipinski definition) is 12. The molecule has 2 aromatic carbocycles. The molecule has 0 saturated heterocycles. The number of aliphatic hydroxyl groups excluding tert-OH is 1. The van der Waals surface area contributed by atoms with Crippen molar-refractivity contribution in [3.63, 3.8) is 0 Å². The van der Waals surface area contributed by atoms with E-state index in [-0.39, 0.29) is 44.2 Å². The predicted octanol–water partition coefficient (Wildman–Crippen LogP) is 4.26. The maximum atomic E-state index is 14.9. The molecule has 330 valence electrons. The van der Waals surface area contributed by atoms with Gasteiger partial charge in [-0.1, -0.05) is 102 Å². The minimum atomic E-state index is -4.27. The van der Waals surface area contributed by atoms with Crippen LogP contribution >= 0.6 is 0 Å². The van der Waals surface area contributed by atoms with E-state index in [0.717, 1.165) is 5.01 Å². The Morgan fingerprint density at radius 2 is 1.35 bits per heavy atom. The summed E-state index contributed by atoms with van der Waals surface area (Å²) in [6.07, 6.45) is -5.12. The summed E-state index contributed by atoms with van der Waals surface area (Å²) in [6, 6.07) is 10.2. The van der Waals surface area contributed by atoms with Crippen LogP contribution in [0.25, 0.3) is 11.3 Å². The van der Waals surface area contributed by atoms with E-state index < -0.39 is 133 Å². The van der Waals surface area contributed by atoms with Gasteiger partial charge in [0.05, 0.1) is 62.0 Å². The number of carbonyl (C=O) groups excluding carboxylic acids is 4. The number of benzene rings is 2. The van der Waals surface area contributed by atoms with E-state index in [4.69, 9.17) is 47.7 Å². The van der Waals surface area contributed by atoms with E-state index in [0.29, 0.717) is 11.3 Å². The topological polar surface area (TPSA) is 199 Å². The third kappa shape index (κ3) is 17.6. The Balaban J connectivity index is 2.29. The minimum Gasteiger partial charge on any atom is -0.453 e. The van der Waals surface area contributed by atoms with Crippen LogP contribution in [0, 0.1) is 10.8 Å². The smallest absolute Gasteiger partial charge is 0.407 e. The van der Waals surface area contributed by atoms with Crippen LogP contribution in [0.5, 0.6) is 0 Å². The maximum Gasteiger partial charge on any atom is 0.407 e. The summed E-state index contributed by atoms with van der Waals surface area (Å²) in [5.74, 6) is -3.81. The second kappa shape index (κ2) is 24.8. The fourth-order valence-electron chi connectivity index (χ4n) is 5.38. The number of alkyl carbamates (subject to hydrolysis) is 2.